The predicted octanol–water partition coefficient (Wildman–Crippen LogP) is 3.70. The molecule has 1 aliphatic rings. The number of ether oxygens (including phenoxy) is 1. The zero-order valence-electron chi connectivity index (χ0n) is 12.8. The van der Waals surface area contributed by atoms with Crippen molar-refractivity contribution >= 4 is 35.3 Å². The number of fused-ring (bicyclic) bond motifs is 1. The number of thiol groups is 1. The van der Waals surface area contributed by atoms with E-state index in [2.05, 4.69) is 32.9 Å². The molecule has 0 amide bonds. The Bertz CT molecular complexity index is 878. The number of aromatic nitrogens is 4. The maximum atomic E-state index is 13.4. The van der Waals surface area contributed by atoms with Crippen LogP contribution >= 0.6 is 12.6 Å². The lowest BCUT2D eigenvalue weighted by Crippen LogP contribution is -2.17. The number of nitrogens with one attached hydrogen (secondary N) is 1. The lowest BCUT2D eigenvalue weighted by molar-refractivity contribution is -0.0298. The van der Waals surface area contributed by atoms with Crippen molar-refractivity contribution in [3.8, 4) is 0 Å². The van der Waals surface area contributed by atoms with Crippen molar-refractivity contribution in [1.29, 1.82) is 0 Å². The standard InChI is InChI=1S/C16H16FN5OS/c17-10-4-3-5-11(8-10)19-14-13-15(21-16(24)20-14)22(9-18-13)12-6-1-2-7-23-12/h3-5,8-9,12H,1-2,6-7H2,(H2,19,20,21,24). The zero-order chi connectivity index (χ0) is 16.5. The molecule has 3 heterocycles. The minimum absolute atomic E-state index is 0.0756. The summed E-state index contributed by atoms with van der Waals surface area (Å²) in [4.78, 5) is 13.1. The fraction of sp³-hybridized carbons (Fsp3) is 0.312. The summed E-state index contributed by atoms with van der Waals surface area (Å²) in [6, 6.07) is 6.18. The molecule has 1 saturated heterocycles. The molecule has 8 heteroatoms. The van der Waals surface area contributed by atoms with E-state index in [1.54, 1.807) is 18.5 Å². The Morgan fingerprint density at radius 2 is 2.21 bits per heavy atom. The highest BCUT2D eigenvalue weighted by Gasteiger charge is 2.21. The van der Waals surface area contributed by atoms with E-state index in [-0.39, 0.29) is 12.0 Å². The maximum Gasteiger partial charge on any atom is 0.188 e. The van der Waals surface area contributed by atoms with E-state index in [0.29, 0.717) is 27.8 Å². The molecular formula is C16H16FN5OS. The third kappa shape index (κ3) is 2.94. The van der Waals surface area contributed by atoms with Gasteiger partial charge in [-0.1, -0.05) is 6.07 Å². The molecule has 0 saturated carbocycles. The Morgan fingerprint density at radius 1 is 1.29 bits per heavy atom. The molecule has 0 bridgehead atoms. The monoisotopic (exact) mass is 345 g/mol. The second-order valence-corrected chi connectivity index (χ2v) is 6.05. The average molecular weight is 345 g/mol. The zero-order valence-corrected chi connectivity index (χ0v) is 13.7. The van der Waals surface area contributed by atoms with Crippen molar-refractivity contribution in [2.45, 2.75) is 30.6 Å². The quantitative estimate of drug-likeness (QED) is 0.560. The molecule has 0 aliphatic carbocycles. The fourth-order valence-electron chi connectivity index (χ4n) is 2.85. The van der Waals surface area contributed by atoms with Gasteiger partial charge in [-0.3, -0.25) is 4.57 Å². The number of nitrogens with zero attached hydrogens (tertiary/aromatic N) is 4. The Hall–Kier alpha value is -2.19. The lowest BCUT2D eigenvalue weighted by Gasteiger charge is -2.23. The maximum absolute atomic E-state index is 13.4. The van der Waals surface area contributed by atoms with Gasteiger partial charge in [0.05, 0.1) is 6.33 Å². The number of hydrogen-bond acceptors (Lipinski definition) is 6. The summed E-state index contributed by atoms with van der Waals surface area (Å²) in [6.45, 7) is 0.734. The number of rotatable bonds is 3. The van der Waals surface area contributed by atoms with Crippen molar-refractivity contribution in [2.24, 2.45) is 0 Å². The average Bonchev–Trinajstić information content (AvgIpc) is 2.99. The van der Waals surface area contributed by atoms with Crippen LogP contribution in [-0.4, -0.2) is 26.1 Å². The number of benzene rings is 1. The van der Waals surface area contributed by atoms with E-state index in [0.717, 1.165) is 25.9 Å². The number of halogens is 1. The molecular weight excluding hydrogens is 329 g/mol. The molecule has 6 nitrogen and oxygen atoms in total. The smallest absolute Gasteiger partial charge is 0.188 e. The van der Waals surface area contributed by atoms with Crippen molar-refractivity contribution in [3.05, 3.63) is 36.4 Å². The highest BCUT2D eigenvalue weighted by atomic mass is 32.1. The molecule has 124 valence electrons. The third-order valence-corrected chi connectivity index (χ3v) is 4.16. The Morgan fingerprint density at radius 3 is 3.00 bits per heavy atom. The van der Waals surface area contributed by atoms with Crippen LogP contribution in [0.5, 0.6) is 0 Å². The van der Waals surface area contributed by atoms with Crippen LogP contribution in [0, 0.1) is 5.82 Å². The van der Waals surface area contributed by atoms with E-state index in [1.807, 2.05) is 4.57 Å². The van der Waals surface area contributed by atoms with Gasteiger partial charge in [0, 0.05) is 12.3 Å². The summed E-state index contributed by atoms with van der Waals surface area (Å²) in [7, 11) is 0. The molecule has 1 fully saturated rings. The topological polar surface area (TPSA) is 64.9 Å². The summed E-state index contributed by atoms with van der Waals surface area (Å²) in [5.74, 6) is 0.169. The van der Waals surface area contributed by atoms with Crippen LogP contribution in [0.2, 0.25) is 0 Å². The summed E-state index contributed by atoms with van der Waals surface area (Å²) < 4.78 is 21.1. The molecule has 1 unspecified atom stereocenters. The molecule has 3 aromatic rings. The molecule has 2 aromatic heterocycles. The van der Waals surface area contributed by atoms with Crippen LogP contribution < -0.4 is 5.32 Å². The second-order valence-electron chi connectivity index (χ2n) is 5.65. The fourth-order valence-corrected chi connectivity index (χ4v) is 3.04. The number of imidazole rings is 1. The van der Waals surface area contributed by atoms with E-state index < -0.39 is 0 Å². The van der Waals surface area contributed by atoms with Crippen molar-refractivity contribution < 1.29 is 9.13 Å². The van der Waals surface area contributed by atoms with Gasteiger partial charge in [-0.15, -0.1) is 12.6 Å². The van der Waals surface area contributed by atoms with Crippen molar-refractivity contribution in [2.75, 3.05) is 11.9 Å². The molecule has 4 rings (SSSR count). The minimum atomic E-state index is -0.322. The first-order valence-electron chi connectivity index (χ1n) is 7.78. The third-order valence-electron chi connectivity index (χ3n) is 3.96. The van der Waals surface area contributed by atoms with Gasteiger partial charge < -0.3 is 10.1 Å². The Kier molecular flexibility index (Phi) is 4.07. The van der Waals surface area contributed by atoms with Gasteiger partial charge >= 0.3 is 0 Å². The summed E-state index contributed by atoms with van der Waals surface area (Å²) in [5, 5.41) is 3.41. The van der Waals surface area contributed by atoms with E-state index in [9.17, 15) is 4.39 Å². The highest BCUT2D eigenvalue weighted by Crippen LogP contribution is 2.29. The van der Waals surface area contributed by atoms with Crippen molar-refractivity contribution in [3.63, 3.8) is 0 Å². The van der Waals surface area contributed by atoms with Crippen LogP contribution in [0.25, 0.3) is 11.2 Å². The van der Waals surface area contributed by atoms with Gasteiger partial charge in [-0.05, 0) is 37.5 Å². The highest BCUT2D eigenvalue weighted by molar-refractivity contribution is 7.80. The van der Waals surface area contributed by atoms with Crippen molar-refractivity contribution in [1.82, 2.24) is 19.5 Å². The second kappa shape index (κ2) is 6.37. The van der Waals surface area contributed by atoms with Crippen LogP contribution in [0.4, 0.5) is 15.9 Å². The minimum Gasteiger partial charge on any atom is -0.358 e. The van der Waals surface area contributed by atoms with E-state index in [4.69, 9.17) is 4.74 Å². The van der Waals surface area contributed by atoms with Gasteiger partial charge in [-0.2, -0.15) is 0 Å². The van der Waals surface area contributed by atoms with Gasteiger partial charge in [-0.25, -0.2) is 19.3 Å². The van der Waals surface area contributed by atoms with Gasteiger partial charge in [0.25, 0.3) is 0 Å². The Labute approximate surface area is 143 Å². The van der Waals surface area contributed by atoms with Crippen LogP contribution in [0.1, 0.15) is 25.5 Å². The first kappa shape index (κ1) is 15.3. The predicted molar refractivity (Wildman–Crippen MR) is 91.1 cm³/mol. The normalized spacial score (nSPS) is 18.0. The van der Waals surface area contributed by atoms with E-state index in [1.165, 1.54) is 12.1 Å². The molecule has 0 radical (unpaired) electrons. The van der Waals surface area contributed by atoms with Gasteiger partial charge in [0.15, 0.2) is 22.1 Å². The number of anilines is 2. The molecule has 1 aromatic carbocycles. The molecule has 1 aliphatic heterocycles. The SMILES string of the molecule is Fc1cccc(Nc2nc(S)nc3c2ncn3C2CCCCO2)c1. The molecule has 0 spiro atoms. The van der Waals surface area contributed by atoms with Crippen LogP contribution in [0.3, 0.4) is 0 Å². The molecule has 24 heavy (non-hydrogen) atoms. The van der Waals surface area contributed by atoms with E-state index >= 15 is 0 Å². The Balaban J connectivity index is 1.74. The summed E-state index contributed by atoms with van der Waals surface area (Å²) >= 11 is 4.28. The summed E-state index contributed by atoms with van der Waals surface area (Å²) in [6.07, 6.45) is 4.73. The molecule has 1 atom stereocenters. The first-order valence-corrected chi connectivity index (χ1v) is 8.23. The first-order chi connectivity index (χ1) is 11.7. The van der Waals surface area contributed by atoms with Gasteiger partial charge in [0.2, 0.25) is 0 Å². The number of hydrogen-bond donors (Lipinski definition) is 2. The largest absolute Gasteiger partial charge is 0.358 e. The molecule has 1 N–H and O–H groups in total. The lowest BCUT2D eigenvalue weighted by atomic mass is 10.2. The summed E-state index contributed by atoms with van der Waals surface area (Å²) in [5.41, 5.74) is 1.85. The van der Waals surface area contributed by atoms with Crippen LogP contribution in [-0.2, 0) is 4.74 Å². The van der Waals surface area contributed by atoms with Crippen LogP contribution in [0.15, 0.2) is 35.7 Å². The van der Waals surface area contributed by atoms with Gasteiger partial charge in [0.1, 0.15) is 12.0 Å².